The first-order valence-corrected chi connectivity index (χ1v) is 10.7. The van der Waals surface area contributed by atoms with Crippen LogP contribution in [0.25, 0.3) is 16.7 Å². The van der Waals surface area contributed by atoms with Gasteiger partial charge >= 0.3 is 0 Å². The Kier molecular flexibility index (Phi) is 4.96. The predicted molar refractivity (Wildman–Crippen MR) is 114 cm³/mol. The molecule has 1 saturated heterocycles. The zero-order chi connectivity index (χ0) is 20.5. The van der Waals surface area contributed by atoms with Crippen LogP contribution in [0, 0.1) is 5.82 Å². The van der Waals surface area contributed by atoms with Gasteiger partial charge in [-0.15, -0.1) is 10.2 Å². The maximum Gasteiger partial charge on any atom is 0.233 e. The van der Waals surface area contributed by atoms with Gasteiger partial charge in [-0.2, -0.15) is 0 Å². The van der Waals surface area contributed by atoms with Crippen LogP contribution in [-0.2, 0) is 4.79 Å². The highest BCUT2D eigenvalue weighted by Gasteiger charge is 2.23. The summed E-state index contributed by atoms with van der Waals surface area (Å²) in [6, 6.07) is 14.5. The number of rotatable bonds is 4. The molecule has 0 bridgehead atoms. The number of benzene rings is 2. The lowest BCUT2D eigenvalue weighted by molar-refractivity contribution is -0.128. The summed E-state index contributed by atoms with van der Waals surface area (Å²) in [6.07, 6.45) is 1.66. The first-order valence-electron chi connectivity index (χ1n) is 9.69. The molecule has 0 atom stereocenters. The summed E-state index contributed by atoms with van der Waals surface area (Å²) in [4.78, 5) is 21.2. The molecule has 5 rings (SSSR count). The highest BCUT2D eigenvalue weighted by atomic mass is 32.2. The SMILES string of the molecule is O=C(CSc1nc2ccccc2n2cnnc12)N1CCN(c2ccccc2F)CC1. The van der Waals surface area contributed by atoms with Crippen molar-refractivity contribution >= 4 is 40.0 Å². The summed E-state index contributed by atoms with van der Waals surface area (Å²) in [5, 5.41) is 8.86. The minimum Gasteiger partial charge on any atom is -0.366 e. The minimum atomic E-state index is -0.229. The van der Waals surface area contributed by atoms with Gasteiger partial charge in [-0.3, -0.25) is 9.20 Å². The number of para-hydroxylation sites is 3. The summed E-state index contributed by atoms with van der Waals surface area (Å²) in [5.74, 6) is 0.0847. The Bertz CT molecular complexity index is 1220. The summed E-state index contributed by atoms with van der Waals surface area (Å²) >= 11 is 1.37. The average Bonchev–Trinajstić information content (AvgIpc) is 3.28. The van der Waals surface area contributed by atoms with E-state index in [0.717, 1.165) is 11.0 Å². The summed E-state index contributed by atoms with van der Waals surface area (Å²) in [6.45, 7) is 2.36. The van der Waals surface area contributed by atoms with Gasteiger partial charge in [0.1, 0.15) is 17.2 Å². The monoisotopic (exact) mass is 422 g/mol. The van der Waals surface area contributed by atoms with Crippen molar-refractivity contribution in [3.05, 3.63) is 60.7 Å². The number of aromatic nitrogens is 4. The lowest BCUT2D eigenvalue weighted by Gasteiger charge is -2.36. The molecule has 0 radical (unpaired) electrons. The summed E-state index contributed by atoms with van der Waals surface area (Å²) < 4.78 is 15.9. The van der Waals surface area contributed by atoms with Crippen molar-refractivity contribution in [1.82, 2.24) is 24.5 Å². The van der Waals surface area contributed by atoms with Gasteiger partial charge in [-0.25, -0.2) is 9.37 Å². The fourth-order valence-corrected chi connectivity index (χ4v) is 4.58. The smallest absolute Gasteiger partial charge is 0.233 e. The van der Waals surface area contributed by atoms with E-state index in [1.807, 2.05) is 44.5 Å². The highest BCUT2D eigenvalue weighted by molar-refractivity contribution is 8.00. The maximum atomic E-state index is 14.0. The van der Waals surface area contributed by atoms with E-state index in [0.29, 0.717) is 42.5 Å². The molecule has 7 nitrogen and oxygen atoms in total. The number of piperazine rings is 1. The highest BCUT2D eigenvalue weighted by Crippen LogP contribution is 2.25. The van der Waals surface area contributed by atoms with Crippen LogP contribution in [-0.4, -0.2) is 62.3 Å². The van der Waals surface area contributed by atoms with Crippen molar-refractivity contribution in [2.24, 2.45) is 0 Å². The number of carbonyl (C=O) groups is 1. The van der Waals surface area contributed by atoms with Gasteiger partial charge in [0.15, 0.2) is 5.65 Å². The second-order valence-corrected chi connectivity index (χ2v) is 8.00. The summed E-state index contributed by atoms with van der Waals surface area (Å²) in [5.41, 5.74) is 3.00. The number of anilines is 1. The average molecular weight is 422 g/mol. The predicted octanol–water partition coefficient (Wildman–Crippen LogP) is 2.86. The number of nitrogens with zero attached hydrogens (tertiary/aromatic N) is 6. The summed E-state index contributed by atoms with van der Waals surface area (Å²) in [7, 11) is 0. The largest absolute Gasteiger partial charge is 0.366 e. The van der Waals surface area contributed by atoms with Crippen LogP contribution < -0.4 is 4.90 Å². The van der Waals surface area contributed by atoms with E-state index in [1.165, 1.54) is 17.8 Å². The zero-order valence-electron chi connectivity index (χ0n) is 16.1. The minimum absolute atomic E-state index is 0.0424. The van der Waals surface area contributed by atoms with Crippen molar-refractivity contribution in [2.45, 2.75) is 5.03 Å². The molecule has 0 N–H and O–H groups in total. The molecule has 1 fully saturated rings. The van der Waals surface area contributed by atoms with Gasteiger partial charge in [0.2, 0.25) is 5.91 Å². The Morgan fingerprint density at radius 2 is 1.80 bits per heavy atom. The molecule has 2 aromatic heterocycles. The molecule has 152 valence electrons. The molecule has 2 aromatic carbocycles. The standard InChI is InChI=1S/C21H19FN6OS/c22-15-5-1-3-7-17(15)26-9-11-27(12-10-26)19(29)13-30-21-20-25-23-14-28(20)18-8-4-2-6-16(18)24-21/h1-8,14H,9-13H2. The Balaban J connectivity index is 1.26. The van der Waals surface area contributed by atoms with E-state index in [2.05, 4.69) is 15.2 Å². The van der Waals surface area contributed by atoms with Gasteiger partial charge < -0.3 is 9.80 Å². The number of carbonyl (C=O) groups excluding carboxylic acids is 1. The molecule has 0 saturated carbocycles. The fraction of sp³-hybridized carbons (Fsp3) is 0.238. The van der Waals surface area contributed by atoms with Crippen molar-refractivity contribution in [2.75, 3.05) is 36.8 Å². The molecular formula is C21H19FN6OS. The van der Waals surface area contributed by atoms with E-state index < -0.39 is 0 Å². The Hall–Kier alpha value is -3.20. The van der Waals surface area contributed by atoms with Crippen LogP contribution in [0.5, 0.6) is 0 Å². The molecule has 1 amide bonds. The molecule has 30 heavy (non-hydrogen) atoms. The first kappa shape index (κ1) is 18.8. The molecular weight excluding hydrogens is 403 g/mol. The molecule has 0 aliphatic carbocycles. The van der Waals surface area contributed by atoms with Crippen LogP contribution in [0.1, 0.15) is 0 Å². The van der Waals surface area contributed by atoms with Gasteiger partial charge in [0.25, 0.3) is 0 Å². The van der Waals surface area contributed by atoms with E-state index in [1.54, 1.807) is 18.5 Å². The third-order valence-corrected chi connectivity index (χ3v) is 6.20. The van der Waals surface area contributed by atoms with Gasteiger partial charge in [-0.05, 0) is 24.3 Å². The van der Waals surface area contributed by atoms with Gasteiger partial charge in [0, 0.05) is 26.2 Å². The van der Waals surface area contributed by atoms with Crippen molar-refractivity contribution in [1.29, 1.82) is 0 Å². The fourth-order valence-electron chi connectivity index (χ4n) is 3.70. The second-order valence-electron chi connectivity index (χ2n) is 7.04. The van der Waals surface area contributed by atoms with Crippen LogP contribution in [0.3, 0.4) is 0 Å². The molecule has 0 spiro atoms. The maximum absolute atomic E-state index is 14.0. The number of hydrogen-bond acceptors (Lipinski definition) is 6. The number of hydrogen-bond donors (Lipinski definition) is 0. The Morgan fingerprint density at radius 1 is 1.03 bits per heavy atom. The topological polar surface area (TPSA) is 66.6 Å². The van der Waals surface area contributed by atoms with Crippen molar-refractivity contribution < 1.29 is 9.18 Å². The Labute approximate surface area is 176 Å². The number of thioether (sulfide) groups is 1. The lowest BCUT2D eigenvalue weighted by Crippen LogP contribution is -2.49. The zero-order valence-corrected chi connectivity index (χ0v) is 16.9. The van der Waals surface area contributed by atoms with Crippen LogP contribution in [0.15, 0.2) is 59.9 Å². The van der Waals surface area contributed by atoms with Crippen molar-refractivity contribution in [3.63, 3.8) is 0 Å². The Morgan fingerprint density at radius 3 is 2.63 bits per heavy atom. The molecule has 4 aromatic rings. The van der Waals surface area contributed by atoms with Crippen LogP contribution >= 0.6 is 11.8 Å². The number of amides is 1. The molecule has 0 unspecified atom stereocenters. The molecule has 1 aliphatic rings. The van der Waals surface area contributed by atoms with E-state index in [-0.39, 0.29) is 17.5 Å². The third-order valence-electron chi connectivity index (χ3n) is 5.26. The third kappa shape index (κ3) is 3.45. The quantitative estimate of drug-likeness (QED) is 0.471. The van der Waals surface area contributed by atoms with Crippen LogP contribution in [0.2, 0.25) is 0 Å². The van der Waals surface area contributed by atoms with Gasteiger partial charge in [-0.1, -0.05) is 36.0 Å². The second kappa shape index (κ2) is 7.91. The molecule has 3 heterocycles. The van der Waals surface area contributed by atoms with E-state index >= 15 is 0 Å². The lowest BCUT2D eigenvalue weighted by atomic mass is 10.2. The van der Waals surface area contributed by atoms with Crippen LogP contribution in [0.4, 0.5) is 10.1 Å². The van der Waals surface area contributed by atoms with Crippen molar-refractivity contribution in [3.8, 4) is 0 Å². The number of halogens is 1. The normalized spacial score (nSPS) is 14.6. The number of fused-ring (bicyclic) bond motifs is 3. The first-order chi connectivity index (χ1) is 14.7. The molecule has 9 heteroatoms. The molecule has 1 aliphatic heterocycles. The van der Waals surface area contributed by atoms with E-state index in [9.17, 15) is 9.18 Å². The van der Waals surface area contributed by atoms with Gasteiger partial charge in [0.05, 0.1) is 22.5 Å². The van der Waals surface area contributed by atoms with E-state index in [4.69, 9.17) is 0 Å².